The fourth-order valence-electron chi connectivity index (χ4n) is 4.29. The maximum Gasteiger partial charge on any atom is 0.294 e. The predicted octanol–water partition coefficient (Wildman–Crippen LogP) is 5.18. The first-order chi connectivity index (χ1) is 21.8. The van der Waals surface area contributed by atoms with Crippen molar-refractivity contribution in [3.63, 3.8) is 0 Å². The topological polar surface area (TPSA) is 158 Å². The Morgan fingerprint density at radius 1 is 1.04 bits per heavy atom. The second kappa shape index (κ2) is 13.8. The predicted molar refractivity (Wildman–Crippen MR) is 177 cm³/mol. The molecular weight excluding hydrogens is 701 g/mol. The largest absolute Gasteiger partial charge is 0.487 e. The number of thioether (sulfide) groups is 1. The SMILES string of the molecule is Cc1ccc(C)c(OCC2=NN(c3c(Cl)cc(Cl)cc3Cl)C(=O)C2Oc2ccc(CSc3nnnn3C=O)cc2NS(C)(=O)=O)c1. The molecule has 1 aliphatic heterocycles. The van der Waals surface area contributed by atoms with E-state index in [4.69, 9.17) is 44.3 Å². The van der Waals surface area contributed by atoms with E-state index in [0.717, 1.165) is 38.8 Å². The van der Waals surface area contributed by atoms with E-state index in [0.29, 0.717) is 17.7 Å². The van der Waals surface area contributed by atoms with Crippen molar-refractivity contribution in [2.24, 2.45) is 5.10 Å². The number of benzene rings is 3. The van der Waals surface area contributed by atoms with Crippen LogP contribution in [0.4, 0.5) is 11.4 Å². The first-order valence-electron chi connectivity index (χ1n) is 13.2. The van der Waals surface area contributed by atoms with Crippen molar-refractivity contribution in [1.29, 1.82) is 0 Å². The van der Waals surface area contributed by atoms with E-state index in [2.05, 4.69) is 25.3 Å². The van der Waals surface area contributed by atoms with Gasteiger partial charge in [-0.3, -0.25) is 14.3 Å². The summed E-state index contributed by atoms with van der Waals surface area (Å²) in [5, 5.41) is 17.0. The summed E-state index contributed by atoms with van der Waals surface area (Å²) in [6.07, 6.45) is 0.0881. The van der Waals surface area contributed by atoms with Crippen LogP contribution in [-0.4, -0.2) is 65.6 Å². The van der Waals surface area contributed by atoms with Gasteiger partial charge < -0.3 is 9.47 Å². The van der Waals surface area contributed by atoms with Gasteiger partial charge in [-0.1, -0.05) is 64.8 Å². The van der Waals surface area contributed by atoms with Crippen molar-refractivity contribution < 1.29 is 27.5 Å². The van der Waals surface area contributed by atoms with Crippen molar-refractivity contribution in [2.75, 3.05) is 22.6 Å². The molecule has 0 bridgehead atoms. The highest BCUT2D eigenvalue weighted by molar-refractivity contribution is 7.98. The third-order valence-corrected chi connectivity index (χ3v) is 8.78. The Hall–Kier alpha value is -3.89. The Labute approximate surface area is 282 Å². The fourth-order valence-corrected chi connectivity index (χ4v) is 6.61. The Balaban J connectivity index is 1.48. The molecule has 1 atom stereocenters. The number of tetrazole rings is 1. The molecule has 1 aromatic heterocycles. The molecule has 13 nitrogen and oxygen atoms in total. The number of carbonyl (C=O) groups excluding carboxylic acids is 2. The van der Waals surface area contributed by atoms with Crippen LogP contribution in [0, 0.1) is 13.8 Å². The highest BCUT2D eigenvalue weighted by Gasteiger charge is 2.41. The van der Waals surface area contributed by atoms with Gasteiger partial charge in [0, 0.05) is 10.8 Å². The number of hydrogen-bond acceptors (Lipinski definition) is 11. The number of amides is 1. The second-order valence-electron chi connectivity index (χ2n) is 10.0. The molecule has 0 spiro atoms. The van der Waals surface area contributed by atoms with Crippen LogP contribution in [0.3, 0.4) is 0 Å². The van der Waals surface area contributed by atoms with E-state index in [1.807, 2.05) is 32.0 Å². The van der Waals surface area contributed by atoms with Gasteiger partial charge in [-0.15, -0.1) is 5.10 Å². The van der Waals surface area contributed by atoms with E-state index < -0.39 is 22.0 Å². The number of ether oxygens (including phenoxy) is 2. The van der Waals surface area contributed by atoms with E-state index in [9.17, 15) is 18.0 Å². The lowest BCUT2D eigenvalue weighted by atomic mass is 10.1. The molecule has 1 N–H and O–H groups in total. The molecule has 2 heterocycles. The maximum atomic E-state index is 13.9. The maximum absolute atomic E-state index is 13.9. The van der Waals surface area contributed by atoms with Crippen LogP contribution in [0.1, 0.15) is 16.7 Å². The summed E-state index contributed by atoms with van der Waals surface area (Å²) in [6.45, 7) is 3.64. The second-order valence-corrected chi connectivity index (χ2v) is 14.0. The molecule has 0 fully saturated rings. The van der Waals surface area contributed by atoms with Gasteiger partial charge in [0.25, 0.3) is 5.91 Å². The summed E-state index contributed by atoms with van der Waals surface area (Å²) in [5.41, 5.74) is 2.78. The number of halogens is 3. The molecular formula is C28H24Cl3N7O6S2. The summed E-state index contributed by atoms with van der Waals surface area (Å²) in [7, 11) is -3.79. The van der Waals surface area contributed by atoms with Crippen LogP contribution in [0.15, 0.2) is 58.8 Å². The number of rotatable bonds is 12. The third kappa shape index (κ3) is 7.73. The molecule has 0 saturated carbocycles. The first kappa shape index (κ1) is 33.5. The summed E-state index contributed by atoms with van der Waals surface area (Å²) in [5.74, 6) is 0.227. The summed E-state index contributed by atoms with van der Waals surface area (Å²) in [6, 6.07) is 13.3. The smallest absolute Gasteiger partial charge is 0.294 e. The minimum absolute atomic E-state index is 0.0323. The molecule has 240 valence electrons. The molecule has 1 unspecified atom stereocenters. The number of anilines is 2. The van der Waals surface area contributed by atoms with Crippen molar-refractivity contribution in [3.05, 3.63) is 80.3 Å². The van der Waals surface area contributed by atoms with Crippen molar-refractivity contribution in [2.45, 2.75) is 30.9 Å². The van der Waals surface area contributed by atoms with E-state index in [1.165, 1.54) is 24.3 Å². The molecule has 3 aromatic carbocycles. The number of aromatic nitrogens is 4. The van der Waals surface area contributed by atoms with Crippen LogP contribution >= 0.6 is 46.6 Å². The van der Waals surface area contributed by atoms with Crippen LogP contribution in [0.5, 0.6) is 11.5 Å². The number of nitrogens with zero attached hydrogens (tertiary/aromatic N) is 6. The van der Waals surface area contributed by atoms with Crippen LogP contribution in [0.2, 0.25) is 15.1 Å². The highest BCUT2D eigenvalue weighted by Crippen LogP contribution is 2.39. The molecule has 4 aromatic rings. The summed E-state index contributed by atoms with van der Waals surface area (Å²) in [4.78, 5) is 25.0. The number of hydrazone groups is 1. The summed E-state index contributed by atoms with van der Waals surface area (Å²) < 4.78 is 40.3. The molecule has 18 heteroatoms. The zero-order chi connectivity index (χ0) is 33.2. The highest BCUT2D eigenvalue weighted by atomic mass is 35.5. The van der Waals surface area contributed by atoms with E-state index in [1.54, 1.807) is 6.07 Å². The van der Waals surface area contributed by atoms with Gasteiger partial charge in [0.05, 0.1) is 22.0 Å². The zero-order valence-electron chi connectivity index (χ0n) is 24.3. The molecule has 1 aliphatic rings. The molecule has 46 heavy (non-hydrogen) atoms. The molecule has 0 saturated heterocycles. The third-order valence-electron chi connectivity index (χ3n) is 6.39. The number of nitrogens with one attached hydrogen (secondary N) is 1. The Morgan fingerprint density at radius 3 is 2.48 bits per heavy atom. The first-order valence-corrected chi connectivity index (χ1v) is 17.2. The number of aryl methyl sites for hydroxylation is 2. The van der Waals surface area contributed by atoms with Gasteiger partial charge in [-0.25, -0.2) is 8.42 Å². The van der Waals surface area contributed by atoms with Gasteiger partial charge in [0.1, 0.15) is 29.5 Å². The lowest BCUT2D eigenvalue weighted by Crippen LogP contribution is -2.38. The molecule has 0 aliphatic carbocycles. The van der Waals surface area contributed by atoms with Gasteiger partial charge >= 0.3 is 0 Å². The average Bonchev–Trinajstić information content (AvgIpc) is 3.56. The Bertz CT molecular complexity index is 1950. The number of hydrogen-bond donors (Lipinski definition) is 1. The van der Waals surface area contributed by atoms with E-state index in [-0.39, 0.29) is 55.4 Å². The minimum atomic E-state index is -3.79. The fraction of sp³-hybridized carbons (Fsp3) is 0.214. The normalized spacial score (nSPS) is 14.7. The van der Waals surface area contributed by atoms with Gasteiger partial charge in [-0.05, 0) is 71.3 Å². The van der Waals surface area contributed by atoms with Crippen LogP contribution < -0.4 is 19.2 Å². The van der Waals surface area contributed by atoms with Crippen molar-refractivity contribution in [3.8, 4) is 11.5 Å². The summed E-state index contributed by atoms with van der Waals surface area (Å²) >= 11 is 20.1. The number of sulfonamides is 1. The zero-order valence-corrected chi connectivity index (χ0v) is 28.2. The lowest BCUT2D eigenvalue weighted by Gasteiger charge is -2.20. The molecule has 5 rings (SSSR count). The Kier molecular flexibility index (Phi) is 10.1. The quantitative estimate of drug-likeness (QED) is 0.117. The van der Waals surface area contributed by atoms with Crippen LogP contribution in [0.25, 0.3) is 0 Å². The monoisotopic (exact) mass is 723 g/mol. The average molecular weight is 725 g/mol. The lowest BCUT2D eigenvalue weighted by molar-refractivity contribution is -0.121. The van der Waals surface area contributed by atoms with E-state index >= 15 is 0 Å². The van der Waals surface area contributed by atoms with Crippen LogP contribution in [-0.2, 0) is 25.4 Å². The number of carbonyl (C=O) groups is 2. The minimum Gasteiger partial charge on any atom is -0.487 e. The molecule has 1 amide bonds. The van der Waals surface area contributed by atoms with Gasteiger partial charge in [0.2, 0.25) is 27.7 Å². The standard InChI is InChI=1S/C28H24Cl3N7O6S2/c1-15-4-5-16(2)24(8-15)43-12-22-26(27(40)38(33-22)25-19(30)10-18(29)11-20(25)31)44-23-7-6-17(9-21(23)34-46(3,41)42)13-45-28-32-35-36-37(28)14-39/h4-11,14,26,34H,12-13H2,1-3H3. The van der Waals surface area contributed by atoms with Crippen molar-refractivity contribution in [1.82, 2.24) is 20.2 Å². The van der Waals surface area contributed by atoms with Gasteiger partial charge in [0.15, 0.2) is 0 Å². The Morgan fingerprint density at radius 2 is 1.78 bits per heavy atom. The molecule has 0 radical (unpaired) electrons. The van der Waals surface area contributed by atoms with Crippen molar-refractivity contribution >= 4 is 86.0 Å². The van der Waals surface area contributed by atoms with Gasteiger partial charge in [-0.2, -0.15) is 14.8 Å².